The lowest BCUT2D eigenvalue weighted by Crippen LogP contribution is -2.13. The number of nitrogens with zero attached hydrogens (tertiary/aromatic N) is 2. The van der Waals surface area contributed by atoms with E-state index in [1.165, 1.54) is 5.56 Å². The van der Waals surface area contributed by atoms with E-state index in [-0.39, 0.29) is 0 Å². The zero-order valence-electron chi connectivity index (χ0n) is 12.8. The second kappa shape index (κ2) is 7.48. The smallest absolute Gasteiger partial charge is 0.131 e. The molecule has 2 aromatic rings. The summed E-state index contributed by atoms with van der Waals surface area (Å²) in [4.78, 5) is 0. The molecule has 0 bridgehead atoms. The lowest BCUT2D eigenvalue weighted by Gasteiger charge is -2.09. The third-order valence-electron chi connectivity index (χ3n) is 3.29. The molecule has 0 unspecified atom stereocenters. The van der Waals surface area contributed by atoms with Crippen LogP contribution in [0.3, 0.4) is 0 Å². The van der Waals surface area contributed by atoms with Crippen molar-refractivity contribution in [2.75, 3.05) is 6.54 Å². The SMILES string of the molecule is CCCNCc1cccc(OCc2c(Cl)c(C)nn2C)c1. The van der Waals surface area contributed by atoms with Crippen molar-refractivity contribution in [3.63, 3.8) is 0 Å². The largest absolute Gasteiger partial charge is 0.487 e. The molecule has 5 heteroatoms. The summed E-state index contributed by atoms with van der Waals surface area (Å²) in [6.45, 7) is 6.35. The van der Waals surface area contributed by atoms with E-state index in [1.54, 1.807) is 4.68 Å². The average Bonchev–Trinajstić information content (AvgIpc) is 2.71. The first-order valence-corrected chi connectivity index (χ1v) is 7.60. The zero-order valence-corrected chi connectivity index (χ0v) is 13.6. The molecule has 1 aromatic heterocycles. The van der Waals surface area contributed by atoms with Crippen LogP contribution in [-0.4, -0.2) is 16.3 Å². The first-order valence-electron chi connectivity index (χ1n) is 7.22. The van der Waals surface area contributed by atoms with Gasteiger partial charge in [0, 0.05) is 13.6 Å². The second-order valence-electron chi connectivity index (χ2n) is 5.08. The van der Waals surface area contributed by atoms with Crippen molar-refractivity contribution in [3.8, 4) is 5.75 Å². The summed E-state index contributed by atoms with van der Waals surface area (Å²) in [5.41, 5.74) is 2.94. The minimum absolute atomic E-state index is 0.419. The molecule has 0 aliphatic heterocycles. The Labute approximate surface area is 131 Å². The number of aromatic nitrogens is 2. The molecule has 0 amide bonds. The number of rotatable bonds is 7. The lowest BCUT2D eigenvalue weighted by molar-refractivity contribution is 0.294. The van der Waals surface area contributed by atoms with Gasteiger partial charge in [0.25, 0.3) is 0 Å². The second-order valence-corrected chi connectivity index (χ2v) is 5.46. The Bertz CT molecular complexity index is 595. The maximum Gasteiger partial charge on any atom is 0.131 e. The number of halogens is 1. The van der Waals surface area contributed by atoms with E-state index in [0.717, 1.165) is 36.6 Å². The number of nitrogens with one attached hydrogen (secondary N) is 1. The minimum Gasteiger partial charge on any atom is -0.487 e. The Balaban J connectivity index is 1.98. The van der Waals surface area contributed by atoms with Crippen molar-refractivity contribution in [3.05, 3.63) is 46.2 Å². The van der Waals surface area contributed by atoms with Crippen LogP contribution in [0.2, 0.25) is 5.02 Å². The van der Waals surface area contributed by atoms with Gasteiger partial charge in [0.1, 0.15) is 12.4 Å². The van der Waals surface area contributed by atoms with E-state index in [2.05, 4.69) is 29.5 Å². The standard InChI is InChI=1S/C16H22ClN3O/c1-4-8-18-10-13-6-5-7-14(9-13)21-11-15-16(17)12(2)19-20(15)3/h5-7,9,18H,4,8,10-11H2,1-3H3. The maximum atomic E-state index is 6.22. The Morgan fingerprint density at radius 1 is 1.38 bits per heavy atom. The fourth-order valence-electron chi connectivity index (χ4n) is 2.14. The van der Waals surface area contributed by atoms with E-state index in [9.17, 15) is 0 Å². The summed E-state index contributed by atoms with van der Waals surface area (Å²) in [6, 6.07) is 8.12. The molecule has 1 N–H and O–H groups in total. The molecule has 0 aliphatic carbocycles. The first kappa shape index (κ1) is 15.9. The van der Waals surface area contributed by atoms with Gasteiger partial charge in [-0.05, 0) is 37.6 Å². The van der Waals surface area contributed by atoms with Crippen molar-refractivity contribution in [2.24, 2.45) is 7.05 Å². The number of benzene rings is 1. The Hall–Kier alpha value is -1.52. The van der Waals surface area contributed by atoms with Gasteiger partial charge in [-0.15, -0.1) is 0 Å². The van der Waals surface area contributed by atoms with Crippen molar-refractivity contribution < 1.29 is 4.74 Å². The van der Waals surface area contributed by atoms with E-state index in [0.29, 0.717) is 11.6 Å². The molecule has 0 atom stereocenters. The van der Waals surface area contributed by atoms with Crippen LogP contribution in [0.4, 0.5) is 0 Å². The predicted octanol–water partition coefficient (Wildman–Crippen LogP) is 3.46. The van der Waals surface area contributed by atoms with Crippen molar-refractivity contribution >= 4 is 11.6 Å². The molecular weight excluding hydrogens is 286 g/mol. The first-order chi connectivity index (χ1) is 10.1. The normalized spacial score (nSPS) is 10.9. The topological polar surface area (TPSA) is 39.1 Å². The van der Waals surface area contributed by atoms with Crippen LogP contribution in [0.15, 0.2) is 24.3 Å². The summed E-state index contributed by atoms with van der Waals surface area (Å²) in [7, 11) is 1.88. The molecule has 1 aromatic carbocycles. The summed E-state index contributed by atoms with van der Waals surface area (Å²) in [5.74, 6) is 0.848. The summed E-state index contributed by atoms with van der Waals surface area (Å²) < 4.78 is 7.61. The van der Waals surface area contributed by atoms with Crippen LogP contribution < -0.4 is 10.1 Å². The molecule has 114 valence electrons. The average molecular weight is 308 g/mol. The van der Waals surface area contributed by atoms with Crippen LogP contribution in [0.25, 0.3) is 0 Å². The summed E-state index contributed by atoms with van der Waals surface area (Å²) in [5, 5.41) is 8.35. The molecule has 0 saturated heterocycles. The van der Waals surface area contributed by atoms with Gasteiger partial charge in [-0.1, -0.05) is 30.7 Å². The highest BCUT2D eigenvalue weighted by atomic mass is 35.5. The lowest BCUT2D eigenvalue weighted by atomic mass is 10.2. The van der Waals surface area contributed by atoms with Gasteiger partial charge in [-0.3, -0.25) is 4.68 Å². The van der Waals surface area contributed by atoms with E-state index < -0.39 is 0 Å². The van der Waals surface area contributed by atoms with Crippen molar-refractivity contribution in [2.45, 2.75) is 33.4 Å². The van der Waals surface area contributed by atoms with E-state index in [1.807, 2.05) is 26.1 Å². The third-order valence-corrected chi connectivity index (χ3v) is 3.78. The molecule has 1 heterocycles. The molecular formula is C16H22ClN3O. The monoisotopic (exact) mass is 307 g/mol. The molecule has 2 rings (SSSR count). The van der Waals surface area contributed by atoms with Crippen LogP contribution in [-0.2, 0) is 20.2 Å². The Kier molecular flexibility index (Phi) is 5.65. The van der Waals surface area contributed by atoms with Crippen LogP contribution in [0.1, 0.15) is 30.3 Å². The van der Waals surface area contributed by atoms with Gasteiger partial charge >= 0.3 is 0 Å². The fourth-order valence-corrected chi connectivity index (χ4v) is 2.36. The van der Waals surface area contributed by atoms with Gasteiger partial charge in [0.15, 0.2) is 0 Å². The predicted molar refractivity (Wildman–Crippen MR) is 85.7 cm³/mol. The molecule has 0 spiro atoms. The molecule has 0 saturated carbocycles. The van der Waals surface area contributed by atoms with Crippen molar-refractivity contribution in [1.29, 1.82) is 0 Å². The quantitative estimate of drug-likeness (QED) is 0.796. The maximum absolute atomic E-state index is 6.22. The zero-order chi connectivity index (χ0) is 15.2. The Morgan fingerprint density at radius 3 is 2.86 bits per heavy atom. The summed E-state index contributed by atoms with van der Waals surface area (Å²) >= 11 is 6.22. The fraction of sp³-hybridized carbons (Fsp3) is 0.438. The van der Waals surface area contributed by atoms with Crippen LogP contribution in [0, 0.1) is 6.92 Å². The van der Waals surface area contributed by atoms with Gasteiger partial charge in [-0.2, -0.15) is 5.10 Å². The molecule has 0 fully saturated rings. The van der Waals surface area contributed by atoms with Gasteiger partial charge in [0.2, 0.25) is 0 Å². The molecule has 4 nitrogen and oxygen atoms in total. The van der Waals surface area contributed by atoms with E-state index in [4.69, 9.17) is 16.3 Å². The van der Waals surface area contributed by atoms with Gasteiger partial charge in [-0.25, -0.2) is 0 Å². The molecule has 0 aliphatic rings. The van der Waals surface area contributed by atoms with Crippen LogP contribution in [0.5, 0.6) is 5.75 Å². The number of aryl methyl sites for hydroxylation is 2. The van der Waals surface area contributed by atoms with Gasteiger partial charge < -0.3 is 10.1 Å². The van der Waals surface area contributed by atoms with Crippen LogP contribution >= 0.6 is 11.6 Å². The number of hydrogen-bond donors (Lipinski definition) is 1. The highest BCUT2D eigenvalue weighted by molar-refractivity contribution is 6.31. The summed E-state index contributed by atoms with van der Waals surface area (Å²) in [6.07, 6.45) is 1.13. The highest BCUT2D eigenvalue weighted by Gasteiger charge is 2.11. The van der Waals surface area contributed by atoms with E-state index >= 15 is 0 Å². The van der Waals surface area contributed by atoms with Gasteiger partial charge in [0.05, 0.1) is 16.4 Å². The minimum atomic E-state index is 0.419. The third kappa shape index (κ3) is 4.22. The number of hydrogen-bond acceptors (Lipinski definition) is 3. The highest BCUT2D eigenvalue weighted by Crippen LogP contribution is 2.22. The molecule has 0 radical (unpaired) electrons. The number of ether oxygens (including phenoxy) is 1. The Morgan fingerprint density at radius 2 is 2.19 bits per heavy atom. The van der Waals surface area contributed by atoms with Crippen molar-refractivity contribution in [1.82, 2.24) is 15.1 Å². The molecule has 21 heavy (non-hydrogen) atoms.